The molecule has 8 heteroatoms. The van der Waals surface area contributed by atoms with Crippen molar-refractivity contribution in [2.24, 2.45) is 5.92 Å². The van der Waals surface area contributed by atoms with Crippen molar-refractivity contribution in [3.63, 3.8) is 0 Å². The van der Waals surface area contributed by atoms with E-state index in [9.17, 15) is 17.2 Å². The molecule has 2 rings (SSSR count). The fourth-order valence-electron chi connectivity index (χ4n) is 2.40. The van der Waals surface area contributed by atoms with Gasteiger partial charge in [-0.1, -0.05) is 0 Å². The molecule has 2 N–H and O–H groups in total. The van der Waals surface area contributed by atoms with Crippen LogP contribution in [0.5, 0.6) is 0 Å². The molecule has 2 atom stereocenters. The second-order valence-electron chi connectivity index (χ2n) is 5.12. The van der Waals surface area contributed by atoms with E-state index in [0.29, 0.717) is 6.07 Å². The number of hydrogen-bond acceptors (Lipinski definition) is 3. The lowest BCUT2D eigenvalue weighted by Gasteiger charge is -2.28. The van der Waals surface area contributed by atoms with Crippen LogP contribution in [0.1, 0.15) is 19.8 Å². The molecule has 1 aliphatic rings. The van der Waals surface area contributed by atoms with E-state index in [1.54, 1.807) is 6.92 Å². The van der Waals surface area contributed by atoms with E-state index in [4.69, 9.17) is 0 Å². The number of benzene rings is 1. The van der Waals surface area contributed by atoms with Crippen LogP contribution in [-0.2, 0) is 10.0 Å². The Kier molecular flexibility index (Phi) is 6.52. The maximum absolute atomic E-state index is 13.1. The maximum Gasteiger partial charge on any atom is 0.241 e. The zero-order chi connectivity index (χ0) is 14.8. The number of halogens is 3. The highest BCUT2D eigenvalue weighted by Crippen LogP contribution is 2.18. The third-order valence-electron chi connectivity index (χ3n) is 3.53. The molecule has 2 unspecified atom stereocenters. The molecule has 0 bridgehead atoms. The van der Waals surface area contributed by atoms with Gasteiger partial charge in [0.25, 0.3) is 0 Å². The predicted molar refractivity (Wildman–Crippen MR) is 79.0 cm³/mol. The second kappa shape index (κ2) is 7.49. The monoisotopic (exact) mass is 340 g/mol. The molecule has 1 aliphatic heterocycles. The summed E-state index contributed by atoms with van der Waals surface area (Å²) in [5.74, 6) is -1.63. The molecule has 1 fully saturated rings. The average Bonchev–Trinajstić information content (AvgIpc) is 2.38. The lowest BCUT2D eigenvalue weighted by Crippen LogP contribution is -2.44. The molecule has 1 saturated heterocycles. The first-order chi connectivity index (χ1) is 9.38. The zero-order valence-corrected chi connectivity index (χ0v) is 13.2. The van der Waals surface area contributed by atoms with Gasteiger partial charge in [0, 0.05) is 12.1 Å². The Morgan fingerprint density at radius 3 is 2.43 bits per heavy atom. The van der Waals surface area contributed by atoms with Crippen molar-refractivity contribution in [2.75, 3.05) is 13.1 Å². The molecular formula is C13H19ClF2N2O2S. The third-order valence-corrected chi connectivity index (χ3v) is 5.07. The summed E-state index contributed by atoms with van der Waals surface area (Å²) in [7, 11) is -3.91. The summed E-state index contributed by atoms with van der Waals surface area (Å²) in [6.45, 7) is 3.44. The fraction of sp³-hybridized carbons (Fsp3) is 0.538. The highest BCUT2D eigenvalue weighted by Gasteiger charge is 2.25. The smallest absolute Gasteiger partial charge is 0.241 e. The molecular weight excluding hydrogens is 322 g/mol. The first-order valence-corrected chi connectivity index (χ1v) is 8.06. The van der Waals surface area contributed by atoms with Crippen LogP contribution in [0, 0.1) is 17.6 Å². The van der Waals surface area contributed by atoms with Gasteiger partial charge < -0.3 is 5.32 Å². The summed E-state index contributed by atoms with van der Waals surface area (Å²) in [5.41, 5.74) is 0. The summed E-state index contributed by atoms with van der Waals surface area (Å²) in [4.78, 5) is -0.384. The van der Waals surface area contributed by atoms with Gasteiger partial charge in [0.05, 0.1) is 4.90 Å². The molecule has 1 aromatic carbocycles. The number of hydrogen-bond donors (Lipinski definition) is 2. The molecule has 0 radical (unpaired) electrons. The van der Waals surface area contributed by atoms with Crippen molar-refractivity contribution < 1.29 is 17.2 Å². The Morgan fingerprint density at radius 2 is 1.90 bits per heavy atom. The SMILES string of the molecule is CC(NS(=O)(=O)c1cc(F)cc(F)c1)C1CCCNC1.Cl. The number of nitrogens with one attached hydrogen (secondary N) is 2. The Hall–Kier alpha value is -0.760. The maximum atomic E-state index is 13.1. The number of piperidine rings is 1. The molecule has 1 heterocycles. The summed E-state index contributed by atoms with van der Waals surface area (Å²) in [6.07, 6.45) is 1.92. The fourth-order valence-corrected chi connectivity index (χ4v) is 3.75. The Labute approximate surface area is 129 Å². The van der Waals surface area contributed by atoms with E-state index in [1.165, 1.54) is 0 Å². The standard InChI is InChI=1S/C13H18F2N2O2S.ClH/c1-9(10-3-2-4-16-8-10)17-20(18,19)13-6-11(14)5-12(15)7-13;/h5-7,9-10,16-17H,2-4,8H2,1H3;1H. The minimum absolute atomic E-state index is 0. The average molecular weight is 341 g/mol. The van der Waals surface area contributed by atoms with Crippen molar-refractivity contribution in [1.82, 2.24) is 10.0 Å². The minimum Gasteiger partial charge on any atom is -0.316 e. The topological polar surface area (TPSA) is 58.2 Å². The van der Waals surface area contributed by atoms with Gasteiger partial charge in [-0.25, -0.2) is 21.9 Å². The van der Waals surface area contributed by atoms with Gasteiger partial charge in [0.2, 0.25) is 10.0 Å². The van der Waals surface area contributed by atoms with Crippen LogP contribution in [0.3, 0.4) is 0 Å². The molecule has 0 amide bonds. The Morgan fingerprint density at radius 1 is 1.29 bits per heavy atom. The lowest BCUT2D eigenvalue weighted by molar-refractivity contribution is 0.320. The van der Waals surface area contributed by atoms with E-state index in [1.807, 2.05) is 0 Å². The van der Waals surface area contributed by atoms with Gasteiger partial charge >= 0.3 is 0 Å². The molecule has 120 valence electrons. The van der Waals surface area contributed by atoms with Crippen LogP contribution in [0.15, 0.2) is 23.1 Å². The highest BCUT2D eigenvalue weighted by molar-refractivity contribution is 7.89. The summed E-state index contributed by atoms with van der Waals surface area (Å²) < 4.78 is 53.0. The van der Waals surface area contributed by atoms with Crippen molar-refractivity contribution in [3.8, 4) is 0 Å². The molecule has 0 spiro atoms. The van der Waals surface area contributed by atoms with Crippen molar-refractivity contribution >= 4 is 22.4 Å². The molecule has 1 aromatic rings. The van der Waals surface area contributed by atoms with Gasteiger partial charge in [0.15, 0.2) is 0 Å². The molecule has 4 nitrogen and oxygen atoms in total. The van der Waals surface area contributed by atoms with Gasteiger partial charge in [-0.2, -0.15) is 0 Å². The van der Waals surface area contributed by atoms with E-state index in [2.05, 4.69) is 10.0 Å². The van der Waals surface area contributed by atoms with Gasteiger partial charge in [-0.3, -0.25) is 0 Å². The largest absolute Gasteiger partial charge is 0.316 e. The van der Waals surface area contributed by atoms with Crippen LogP contribution >= 0.6 is 12.4 Å². The van der Waals surface area contributed by atoms with Gasteiger partial charge in [-0.15, -0.1) is 12.4 Å². The number of sulfonamides is 1. The van der Waals surface area contributed by atoms with Crippen LogP contribution < -0.4 is 10.0 Å². The van der Waals surface area contributed by atoms with Crippen LogP contribution in [0.4, 0.5) is 8.78 Å². The van der Waals surface area contributed by atoms with E-state index in [-0.39, 0.29) is 29.3 Å². The van der Waals surface area contributed by atoms with E-state index in [0.717, 1.165) is 38.1 Å². The first-order valence-electron chi connectivity index (χ1n) is 6.57. The summed E-state index contributed by atoms with van der Waals surface area (Å²) in [5, 5.41) is 3.20. The van der Waals surface area contributed by atoms with Gasteiger partial charge in [-0.05, 0) is 50.9 Å². The minimum atomic E-state index is -3.91. The molecule has 21 heavy (non-hydrogen) atoms. The number of rotatable bonds is 4. The summed E-state index contributed by atoms with van der Waals surface area (Å²) >= 11 is 0. The lowest BCUT2D eigenvalue weighted by atomic mass is 9.94. The van der Waals surface area contributed by atoms with Crippen LogP contribution in [0.25, 0.3) is 0 Å². The quantitative estimate of drug-likeness (QED) is 0.882. The van der Waals surface area contributed by atoms with E-state index >= 15 is 0 Å². The normalized spacial score (nSPS) is 20.6. The predicted octanol–water partition coefficient (Wildman–Crippen LogP) is 2.05. The molecule has 0 aliphatic carbocycles. The van der Waals surface area contributed by atoms with Crippen LogP contribution in [-0.4, -0.2) is 27.5 Å². The third kappa shape index (κ3) is 4.88. The first kappa shape index (κ1) is 18.3. The molecule has 0 aromatic heterocycles. The highest BCUT2D eigenvalue weighted by atomic mass is 35.5. The van der Waals surface area contributed by atoms with Crippen LogP contribution in [0.2, 0.25) is 0 Å². The van der Waals surface area contributed by atoms with E-state index < -0.39 is 21.7 Å². The molecule has 0 saturated carbocycles. The Balaban J connectivity index is 0.00000220. The van der Waals surface area contributed by atoms with Crippen molar-refractivity contribution in [2.45, 2.75) is 30.7 Å². The Bertz CT molecular complexity index is 557. The summed E-state index contributed by atoms with van der Waals surface area (Å²) in [6, 6.07) is 1.99. The van der Waals surface area contributed by atoms with Crippen molar-refractivity contribution in [3.05, 3.63) is 29.8 Å². The zero-order valence-electron chi connectivity index (χ0n) is 11.6. The van der Waals surface area contributed by atoms with Gasteiger partial charge in [0.1, 0.15) is 11.6 Å². The second-order valence-corrected chi connectivity index (χ2v) is 6.84. The van der Waals surface area contributed by atoms with Crippen molar-refractivity contribution in [1.29, 1.82) is 0 Å².